The van der Waals surface area contributed by atoms with Crippen molar-refractivity contribution in [3.05, 3.63) is 24.0 Å². The van der Waals surface area contributed by atoms with Gasteiger partial charge in [-0.2, -0.15) is 0 Å². The van der Waals surface area contributed by atoms with Gasteiger partial charge in [-0.1, -0.05) is 0 Å². The lowest BCUT2D eigenvalue weighted by Crippen LogP contribution is -2.47. The van der Waals surface area contributed by atoms with E-state index in [2.05, 4.69) is 5.32 Å². The molecule has 0 aromatic heterocycles. The number of amides is 2. The molecule has 2 fully saturated rings. The number of anilines is 2. The highest BCUT2D eigenvalue weighted by Crippen LogP contribution is 2.31. The van der Waals surface area contributed by atoms with E-state index in [0.29, 0.717) is 37.3 Å². The smallest absolute Gasteiger partial charge is 0.414 e. The highest BCUT2D eigenvalue weighted by Gasteiger charge is 2.35. The van der Waals surface area contributed by atoms with E-state index in [0.717, 1.165) is 0 Å². The Labute approximate surface area is 163 Å². The SMILES string of the molecule is COCC1(O)CCN(c2ccc(N3C[C@H](CNC(C)=O)OC3=O)cc2F)CC1. The molecule has 0 bridgehead atoms. The van der Waals surface area contributed by atoms with Crippen LogP contribution in [0.25, 0.3) is 0 Å². The number of hydrogen-bond acceptors (Lipinski definition) is 6. The number of aliphatic hydroxyl groups is 1. The van der Waals surface area contributed by atoms with Gasteiger partial charge in [0.05, 0.1) is 36.7 Å². The number of ether oxygens (including phenoxy) is 2. The minimum atomic E-state index is -0.871. The van der Waals surface area contributed by atoms with Gasteiger partial charge < -0.3 is 24.8 Å². The third-order valence-corrected chi connectivity index (χ3v) is 5.14. The van der Waals surface area contributed by atoms with Crippen LogP contribution >= 0.6 is 0 Å². The summed E-state index contributed by atoms with van der Waals surface area (Å²) < 4.78 is 25.0. The van der Waals surface area contributed by atoms with Gasteiger partial charge >= 0.3 is 6.09 Å². The van der Waals surface area contributed by atoms with Crippen LogP contribution in [-0.4, -0.2) is 68.7 Å². The number of carbonyl (C=O) groups is 2. The van der Waals surface area contributed by atoms with Crippen LogP contribution in [0.2, 0.25) is 0 Å². The van der Waals surface area contributed by atoms with Gasteiger partial charge in [0, 0.05) is 27.1 Å². The molecule has 1 aromatic rings. The lowest BCUT2D eigenvalue weighted by Gasteiger charge is -2.39. The maximum atomic E-state index is 14.7. The van der Waals surface area contributed by atoms with E-state index < -0.39 is 23.6 Å². The number of carbonyl (C=O) groups excluding carboxylic acids is 2. The molecule has 2 saturated heterocycles. The Bertz CT molecular complexity index is 736. The van der Waals surface area contributed by atoms with Crippen molar-refractivity contribution in [2.45, 2.75) is 31.5 Å². The van der Waals surface area contributed by atoms with Gasteiger partial charge in [-0.3, -0.25) is 9.69 Å². The molecule has 0 radical (unpaired) electrons. The zero-order valence-corrected chi connectivity index (χ0v) is 16.1. The van der Waals surface area contributed by atoms with Crippen molar-refractivity contribution >= 4 is 23.4 Å². The third-order valence-electron chi connectivity index (χ3n) is 5.14. The molecule has 154 valence electrons. The summed E-state index contributed by atoms with van der Waals surface area (Å²) in [5, 5.41) is 13.0. The topological polar surface area (TPSA) is 91.3 Å². The molecule has 28 heavy (non-hydrogen) atoms. The van der Waals surface area contributed by atoms with Crippen molar-refractivity contribution in [1.29, 1.82) is 0 Å². The van der Waals surface area contributed by atoms with E-state index in [1.165, 1.54) is 17.9 Å². The molecular formula is C19H26FN3O5. The highest BCUT2D eigenvalue weighted by atomic mass is 19.1. The van der Waals surface area contributed by atoms with E-state index >= 15 is 0 Å². The molecule has 8 nitrogen and oxygen atoms in total. The van der Waals surface area contributed by atoms with Gasteiger partial charge in [0.25, 0.3) is 0 Å². The Morgan fingerprint density at radius 3 is 2.75 bits per heavy atom. The molecule has 1 aromatic carbocycles. The van der Waals surface area contributed by atoms with Crippen LogP contribution in [0.15, 0.2) is 18.2 Å². The quantitative estimate of drug-likeness (QED) is 0.754. The number of hydrogen-bond donors (Lipinski definition) is 2. The Morgan fingerprint density at radius 1 is 1.43 bits per heavy atom. The van der Waals surface area contributed by atoms with Crippen LogP contribution in [0.3, 0.4) is 0 Å². The van der Waals surface area contributed by atoms with Crippen molar-refractivity contribution in [1.82, 2.24) is 5.32 Å². The predicted molar refractivity (Wildman–Crippen MR) is 101 cm³/mol. The van der Waals surface area contributed by atoms with Crippen LogP contribution < -0.4 is 15.1 Å². The highest BCUT2D eigenvalue weighted by molar-refractivity contribution is 5.90. The Balaban J connectivity index is 1.65. The fourth-order valence-corrected chi connectivity index (χ4v) is 3.59. The zero-order chi connectivity index (χ0) is 20.3. The van der Waals surface area contributed by atoms with Crippen LogP contribution in [0, 0.1) is 5.82 Å². The molecular weight excluding hydrogens is 369 g/mol. The fraction of sp³-hybridized carbons (Fsp3) is 0.579. The van der Waals surface area contributed by atoms with Crippen LogP contribution in [0.4, 0.5) is 20.6 Å². The van der Waals surface area contributed by atoms with E-state index in [-0.39, 0.29) is 25.6 Å². The number of benzene rings is 1. The second kappa shape index (κ2) is 8.32. The van der Waals surface area contributed by atoms with Gasteiger partial charge in [-0.15, -0.1) is 0 Å². The van der Waals surface area contributed by atoms with Crippen molar-refractivity contribution in [3.63, 3.8) is 0 Å². The number of cyclic esters (lactones) is 1. The molecule has 2 N–H and O–H groups in total. The maximum absolute atomic E-state index is 14.7. The summed E-state index contributed by atoms with van der Waals surface area (Å²) in [5.74, 6) is -0.642. The average Bonchev–Trinajstić information content (AvgIpc) is 3.02. The number of methoxy groups -OCH3 is 1. The number of halogens is 1. The first kappa shape index (κ1) is 20.3. The second-order valence-corrected chi connectivity index (χ2v) is 7.33. The lowest BCUT2D eigenvalue weighted by molar-refractivity contribution is -0.119. The first-order chi connectivity index (χ1) is 13.3. The van der Waals surface area contributed by atoms with Gasteiger partial charge in [0.15, 0.2) is 0 Å². The summed E-state index contributed by atoms with van der Waals surface area (Å²) >= 11 is 0. The molecule has 2 amide bonds. The van der Waals surface area contributed by atoms with Crippen molar-refractivity contribution in [3.8, 4) is 0 Å². The van der Waals surface area contributed by atoms with E-state index in [4.69, 9.17) is 9.47 Å². The van der Waals surface area contributed by atoms with E-state index in [1.807, 2.05) is 4.90 Å². The summed E-state index contributed by atoms with van der Waals surface area (Å²) in [6.07, 6.45) is -0.0545. The normalized spacial score (nSPS) is 21.6. The molecule has 3 rings (SSSR count). The van der Waals surface area contributed by atoms with Gasteiger partial charge in [-0.25, -0.2) is 9.18 Å². The molecule has 2 aliphatic rings. The van der Waals surface area contributed by atoms with Crippen LogP contribution in [-0.2, 0) is 14.3 Å². The first-order valence-corrected chi connectivity index (χ1v) is 9.30. The molecule has 2 aliphatic heterocycles. The van der Waals surface area contributed by atoms with Gasteiger partial charge in [-0.05, 0) is 31.0 Å². The first-order valence-electron chi connectivity index (χ1n) is 9.30. The summed E-state index contributed by atoms with van der Waals surface area (Å²) in [6.45, 7) is 3.14. The summed E-state index contributed by atoms with van der Waals surface area (Å²) in [7, 11) is 1.55. The maximum Gasteiger partial charge on any atom is 0.414 e. The summed E-state index contributed by atoms with van der Waals surface area (Å²) in [4.78, 5) is 26.3. The Hall–Kier alpha value is -2.39. The zero-order valence-electron chi connectivity index (χ0n) is 16.1. The molecule has 0 aliphatic carbocycles. The largest absolute Gasteiger partial charge is 0.442 e. The predicted octanol–water partition coefficient (Wildman–Crippen LogP) is 1.26. The standard InChI is InChI=1S/C19H26FN3O5/c1-13(24)21-10-15-11-23(18(25)28-15)14-3-4-17(16(20)9-14)22-7-5-19(26,6-8-22)12-27-2/h3-4,9,15,26H,5-8,10-12H2,1-2H3,(H,21,24)/t15-/m0/s1. The van der Waals surface area contributed by atoms with Gasteiger partial charge in [0.1, 0.15) is 11.9 Å². The van der Waals surface area contributed by atoms with Gasteiger partial charge in [0.2, 0.25) is 5.91 Å². The Morgan fingerprint density at radius 2 is 2.14 bits per heavy atom. The summed E-state index contributed by atoms with van der Waals surface area (Å²) in [6, 6.07) is 4.63. The van der Waals surface area contributed by atoms with Crippen molar-refractivity contribution in [2.75, 3.05) is 49.7 Å². The second-order valence-electron chi connectivity index (χ2n) is 7.33. The fourth-order valence-electron chi connectivity index (χ4n) is 3.59. The minimum absolute atomic E-state index is 0.205. The van der Waals surface area contributed by atoms with Crippen molar-refractivity contribution < 1.29 is 28.6 Å². The van der Waals surface area contributed by atoms with E-state index in [1.54, 1.807) is 19.2 Å². The van der Waals surface area contributed by atoms with Crippen LogP contribution in [0.5, 0.6) is 0 Å². The molecule has 9 heteroatoms. The number of piperidine rings is 1. The molecule has 0 spiro atoms. The Kier molecular flexibility index (Phi) is 6.04. The molecule has 1 atom stereocenters. The molecule has 2 heterocycles. The lowest BCUT2D eigenvalue weighted by atomic mass is 9.92. The number of rotatable bonds is 6. The molecule has 0 unspecified atom stereocenters. The minimum Gasteiger partial charge on any atom is -0.442 e. The van der Waals surface area contributed by atoms with E-state index in [9.17, 15) is 19.1 Å². The molecule has 0 saturated carbocycles. The third kappa shape index (κ3) is 4.53. The monoisotopic (exact) mass is 395 g/mol. The summed E-state index contributed by atoms with van der Waals surface area (Å²) in [5.41, 5.74) is -0.0285. The number of nitrogens with zero attached hydrogens (tertiary/aromatic N) is 2. The van der Waals surface area contributed by atoms with Crippen LogP contribution in [0.1, 0.15) is 19.8 Å². The number of nitrogens with one attached hydrogen (secondary N) is 1. The average molecular weight is 395 g/mol. The van der Waals surface area contributed by atoms with Crippen molar-refractivity contribution in [2.24, 2.45) is 0 Å².